The first-order chi connectivity index (χ1) is 11.5. The van der Waals surface area contributed by atoms with Crippen molar-refractivity contribution in [3.05, 3.63) is 24.0 Å². The number of carbonyl (C=O) groups excluding carboxylic acids is 2. The summed E-state index contributed by atoms with van der Waals surface area (Å²) in [7, 11) is 1.89. The molecule has 1 atom stereocenters. The molecular formula is C18H28N4O2. The van der Waals surface area contributed by atoms with E-state index in [-0.39, 0.29) is 23.9 Å². The van der Waals surface area contributed by atoms with Crippen LogP contribution in [0.3, 0.4) is 0 Å². The summed E-state index contributed by atoms with van der Waals surface area (Å²) in [4.78, 5) is 31.5. The van der Waals surface area contributed by atoms with E-state index in [4.69, 9.17) is 0 Å². The van der Waals surface area contributed by atoms with Crippen LogP contribution in [-0.2, 0) is 11.8 Å². The molecule has 0 N–H and O–H groups in total. The first kappa shape index (κ1) is 17.0. The molecule has 2 aliphatic heterocycles. The first-order valence-electron chi connectivity index (χ1n) is 8.94. The van der Waals surface area contributed by atoms with Crippen LogP contribution in [0.25, 0.3) is 0 Å². The summed E-state index contributed by atoms with van der Waals surface area (Å²) in [6, 6.07) is 4.01. The van der Waals surface area contributed by atoms with E-state index in [0.29, 0.717) is 13.1 Å². The molecule has 24 heavy (non-hydrogen) atoms. The van der Waals surface area contributed by atoms with Crippen LogP contribution in [0.5, 0.6) is 0 Å². The van der Waals surface area contributed by atoms with E-state index in [1.807, 2.05) is 39.7 Å². The molecule has 0 unspecified atom stereocenters. The van der Waals surface area contributed by atoms with Crippen molar-refractivity contribution in [2.45, 2.75) is 38.8 Å². The van der Waals surface area contributed by atoms with Crippen LogP contribution in [0.4, 0.5) is 0 Å². The Morgan fingerprint density at radius 2 is 1.88 bits per heavy atom. The number of aryl methyl sites for hydroxylation is 1. The van der Waals surface area contributed by atoms with Gasteiger partial charge in [-0.2, -0.15) is 0 Å². The maximum Gasteiger partial charge on any atom is 0.270 e. The zero-order chi connectivity index (χ0) is 17.3. The van der Waals surface area contributed by atoms with Crippen LogP contribution in [0.2, 0.25) is 0 Å². The molecule has 1 aromatic heterocycles. The summed E-state index contributed by atoms with van der Waals surface area (Å²) in [6.07, 6.45) is 3.90. The van der Waals surface area contributed by atoms with E-state index >= 15 is 0 Å². The molecule has 3 rings (SSSR count). The molecular weight excluding hydrogens is 304 g/mol. The Balaban J connectivity index is 1.60. The molecule has 6 nitrogen and oxygen atoms in total. The third kappa shape index (κ3) is 3.20. The maximum atomic E-state index is 12.7. The van der Waals surface area contributed by atoms with Gasteiger partial charge in [0.2, 0.25) is 5.91 Å². The normalized spacial score (nSPS) is 23.2. The number of nitrogens with zero attached hydrogens (tertiary/aromatic N) is 4. The zero-order valence-electron chi connectivity index (χ0n) is 14.9. The van der Waals surface area contributed by atoms with Crippen molar-refractivity contribution in [3.63, 3.8) is 0 Å². The van der Waals surface area contributed by atoms with Gasteiger partial charge in [-0.25, -0.2) is 0 Å². The minimum Gasteiger partial charge on any atom is -0.347 e. The number of likely N-dealkylation sites (tertiary alicyclic amines) is 1. The SMILES string of the molecule is CC(C)N1CCC[C@H](N2CCN(C(=O)c3cccn3C)CC2)C1=O. The van der Waals surface area contributed by atoms with Crippen molar-refractivity contribution in [1.82, 2.24) is 19.3 Å². The van der Waals surface area contributed by atoms with Gasteiger partial charge in [-0.05, 0) is 38.8 Å². The van der Waals surface area contributed by atoms with Gasteiger partial charge in [0.15, 0.2) is 0 Å². The van der Waals surface area contributed by atoms with Crippen molar-refractivity contribution in [1.29, 1.82) is 0 Å². The quantitative estimate of drug-likeness (QED) is 0.835. The molecule has 2 saturated heterocycles. The van der Waals surface area contributed by atoms with Crippen LogP contribution in [0.1, 0.15) is 37.2 Å². The summed E-state index contributed by atoms with van der Waals surface area (Å²) >= 11 is 0. The molecule has 0 bridgehead atoms. The number of amides is 2. The van der Waals surface area contributed by atoms with E-state index < -0.39 is 0 Å². The van der Waals surface area contributed by atoms with Gasteiger partial charge < -0.3 is 14.4 Å². The van der Waals surface area contributed by atoms with Gasteiger partial charge >= 0.3 is 0 Å². The summed E-state index contributed by atoms with van der Waals surface area (Å²) in [5.74, 6) is 0.347. The number of aromatic nitrogens is 1. The van der Waals surface area contributed by atoms with Gasteiger partial charge in [-0.15, -0.1) is 0 Å². The molecule has 1 aromatic rings. The topological polar surface area (TPSA) is 48.8 Å². The van der Waals surface area contributed by atoms with E-state index in [2.05, 4.69) is 18.7 Å². The lowest BCUT2D eigenvalue weighted by atomic mass is 10.0. The molecule has 6 heteroatoms. The maximum absolute atomic E-state index is 12.7. The number of piperazine rings is 1. The Morgan fingerprint density at radius 1 is 1.17 bits per heavy atom. The molecule has 132 valence electrons. The van der Waals surface area contributed by atoms with Gasteiger partial charge in [-0.3, -0.25) is 14.5 Å². The number of rotatable bonds is 3. The van der Waals surface area contributed by atoms with Crippen LogP contribution in [0, 0.1) is 0 Å². The molecule has 0 radical (unpaired) electrons. The summed E-state index contributed by atoms with van der Waals surface area (Å²) in [5.41, 5.74) is 0.725. The fourth-order valence-corrected chi connectivity index (χ4v) is 3.81. The van der Waals surface area contributed by atoms with Crippen molar-refractivity contribution < 1.29 is 9.59 Å². The van der Waals surface area contributed by atoms with Crippen molar-refractivity contribution in [2.75, 3.05) is 32.7 Å². The Hall–Kier alpha value is -1.82. The molecule has 0 aliphatic carbocycles. The Bertz CT molecular complexity index is 602. The fourth-order valence-electron chi connectivity index (χ4n) is 3.81. The fraction of sp³-hybridized carbons (Fsp3) is 0.667. The predicted octanol–water partition coefficient (Wildman–Crippen LogP) is 1.18. The minimum absolute atomic E-state index is 0.00608. The average Bonchev–Trinajstić information content (AvgIpc) is 3.00. The standard InChI is InChI=1S/C18H28N4O2/c1-14(2)22-9-5-7-16(18(22)24)20-10-12-21(13-11-20)17(23)15-6-4-8-19(15)3/h4,6,8,14,16H,5,7,9-13H2,1-3H3/t16-/m0/s1. The third-order valence-corrected chi connectivity index (χ3v) is 5.27. The van der Waals surface area contributed by atoms with Gasteiger partial charge in [0.05, 0.1) is 6.04 Å². The second-order valence-corrected chi connectivity index (χ2v) is 7.12. The second kappa shape index (κ2) is 6.97. The molecule has 2 amide bonds. The second-order valence-electron chi connectivity index (χ2n) is 7.12. The highest BCUT2D eigenvalue weighted by molar-refractivity contribution is 5.92. The van der Waals surface area contributed by atoms with Gasteiger partial charge in [0.1, 0.15) is 5.69 Å². The molecule has 2 aliphatic rings. The van der Waals surface area contributed by atoms with Crippen LogP contribution in [-0.4, -0.2) is 75.9 Å². The monoisotopic (exact) mass is 332 g/mol. The van der Waals surface area contributed by atoms with E-state index in [0.717, 1.165) is 38.2 Å². The summed E-state index contributed by atoms with van der Waals surface area (Å²) in [5, 5.41) is 0. The Morgan fingerprint density at radius 3 is 2.46 bits per heavy atom. The zero-order valence-corrected chi connectivity index (χ0v) is 14.9. The van der Waals surface area contributed by atoms with Gasteiger partial charge in [-0.1, -0.05) is 0 Å². The average molecular weight is 332 g/mol. The summed E-state index contributed by atoms with van der Waals surface area (Å²) < 4.78 is 1.86. The molecule has 0 saturated carbocycles. The number of hydrogen-bond donors (Lipinski definition) is 0. The van der Waals surface area contributed by atoms with Crippen LogP contribution >= 0.6 is 0 Å². The van der Waals surface area contributed by atoms with Crippen molar-refractivity contribution >= 4 is 11.8 Å². The van der Waals surface area contributed by atoms with E-state index in [9.17, 15) is 9.59 Å². The number of hydrogen-bond acceptors (Lipinski definition) is 3. The smallest absolute Gasteiger partial charge is 0.270 e. The largest absolute Gasteiger partial charge is 0.347 e. The molecule has 2 fully saturated rings. The lowest BCUT2D eigenvalue weighted by Gasteiger charge is -2.43. The summed E-state index contributed by atoms with van der Waals surface area (Å²) in [6.45, 7) is 7.97. The first-order valence-corrected chi connectivity index (χ1v) is 8.94. The highest BCUT2D eigenvalue weighted by Crippen LogP contribution is 2.21. The van der Waals surface area contributed by atoms with Crippen LogP contribution < -0.4 is 0 Å². The van der Waals surface area contributed by atoms with E-state index in [1.54, 1.807) is 0 Å². The van der Waals surface area contributed by atoms with Crippen molar-refractivity contribution in [3.8, 4) is 0 Å². The molecule has 0 aromatic carbocycles. The lowest BCUT2D eigenvalue weighted by molar-refractivity contribution is -0.142. The molecule has 0 spiro atoms. The minimum atomic E-state index is -0.00608. The highest BCUT2D eigenvalue weighted by Gasteiger charge is 2.36. The number of carbonyl (C=O) groups is 2. The Labute approximate surface area is 144 Å². The molecule has 3 heterocycles. The number of piperidine rings is 1. The predicted molar refractivity (Wildman–Crippen MR) is 92.8 cm³/mol. The van der Waals surface area contributed by atoms with Gasteiger partial charge in [0, 0.05) is 52.0 Å². The highest BCUT2D eigenvalue weighted by atomic mass is 16.2. The van der Waals surface area contributed by atoms with Crippen molar-refractivity contribution in [2.24, 2.45) is 7.05 Å². The third-order valence-electron chi connectivity index (χ3n) is 5.27. The Kier molecular flexibility index (Phi) is 4.94. The van der Waals surface area contributed by atoms with E-state index in [1.165, 1.54) is 0 Å². The van der Waals surface area contributed by atoms with Gasteiger partial charge in [0.25, 0.3) is 5.91 Å². The van der Waals surface area contributed by atoms with Crippen LogP contribution in [0.15, 0.2) is 18.3 Å². The lowest BCUT2D eigenvalue weighted by Crippen LogP contribution is -2.59.